The van der Waals surface area contributed by atoms with Gasteiger partial charge in [0.25, 0.3) is 0 Å². The van der Waals surface area contributed by atoms with Gasteiger partial charge in [-0.25, -0.2) is 0 Å². The first kappa shape index (κ1) is 7.65. The summed E-state index contributed by atoms with van der Waals surface area (Å²) in [7, 11) is 1.73. The molecule has 4 heteroatoms. The molecule has 58 valence electrons. The summed E-state index contributed by atoms with van der Waals surface area (Å²) in [4.78, 5) is 11.9. The van der Waals surface area contributed by atoms with E-state index in [1.807, 2.05) is 0 Å². The normalized spacial score (nSPS) is 10.7. The van der Waals surface area contributed by atoms with Crippen molar-refractivity contribution in [3.05, 3.63) is 18.0 Å². The van der Waals surface area contributed by atoms with Crippen LogP contribution in [0.4, 0.5) is 0 Å². The van der Waals surface area contributed by atoms with Gasteiger partial charge in [-0.1, -0.05) is 0 Å². The van der Waals surface area contributed by atoms with Crippen molar-refractivity contribution in [1.82, 2.24) is 15.0 Å². The average Bonchev–Trinajstić information content (AvgIpc) is 2.31. The lowest BCUT2D eigenvalue weighted by molar-refractivity contribution is -0.112. The third kappa shape index (κ3) is 2.33. The van der Waals surface area contributed by atoms with E-state index in [1.165, 1.54) is 17.8 Å². The van der Waals surface area contributed by atoms with Crippen molar-refractivity contribution >= 4 is 11.9 Å². The maximum Gasteiger partial charge on any atom is 0.152 e. The number of ketones is 1. The number of allylic oxidation sites excluding steroid dienone is 1. The minimum atomic E-state index is 0.00986. The second kappa shape index (κ2) is 3.09. The number of nitrogens with zero attached hydrogens (tertiary/aromatic N) is 3. The molecule has 1 heterocycles. The van der Waals surface area contributed by atoms with Crippen molar-refractivity contribution < 1.29 is 4.79 Å². The first-order valence-corrected chi connectivity index (χ1v) is 3.23. The highest BCUT2D eigenvalue weighted by atomic mass is 16.1. The predicted molar refractivity (Wildman–Crippen MR) is 40.7 cm³/mol. The second-order valence-electron chi connectivity index (χ2n) is 2.20. The Balaban J connectivity index is 2.71. The summed E-state index contributed by atoms with van der Waals surface area (Å²) in [6, 6.07) is 0. The van der Waals surface area contributed by atoms with Gasteiger partial charge in [-0.2, -0.15) is 15.0 Å². The van der Waals surface area contributed by atoms with Crippen molar-refractivity contribution in [2.45, 2.75) is 6.92 Å². The monoisotopic (exact) mass is 151 g/mol. The molecule has 0 radical (unpaired) electrons. The second-order valence-corrected chi connectivity index (χ2v) is 2.20. The molecule has 0 amide bonds. The van der Waals surface area contributed by atoms with Crippen LogP contribution in [0.3, 0.4) is 0 Å². The first-order valence-electron chi connectivity index (χ1n) is 3.23. The highest BCUT2D eigenvalue weighted by Crippen LogP contribution is 1.93. The zero-order valence-electron chi connectivity index (χ0n) is 6.48. The highest BCUT2D eigenvalue weighted by molar-refractivity contribution is 5.91. The molecule has 0 aliphatic heterocycles. The van der Waals surface area contributed by atoms with Gasteiger partial charge in [0.1, 0.15) is 5.69 Å². The molecule has 0 aromatic carbocycles. The Morgan fingerprint density at radius 2 is 2.45 bits per heavy atom. The number of aromatic nitrogens is 3. The SMILES string of the molecule is CC(=O)/C=C/c1cnn(C)n1. The van der Waals surface area contributed by atoms with Crippen LogP contribution in [0.1, 0.15) is 12.6 Å². The van der Waals surface area contributed by atoms with Crippen LogP contribution in [0.15, 0.2) is 12.3 Å². The van der Waals surface area contributed by atoms with Gasteiger partial charge < -0.3 is 0 Å². The van der Waals surface area contributed by atoms with E-state index in [2.05, 4.69) is 10.2 Å². The fourth-order valence-electron chi connectivity index (χ4n) is 0.641. The van der Waals surface area contributed by atoms with Crippen molar-refractivity contribution in [2.24, 2.45) is 7.05 Å². The lowest BCUT2D eigenvalue weighted by Crippen LogP contribution is -1.91. The fraction of sp³-hybridized carbons (Fsp3) is 0.286. The number of hydrogen-bond donors (Lipinski definition) is 0. The molecule has 0 saturated heterocycles. The smallest absolute Gasteiger partial charge is 0.152 e. The molecule has 0 N–H and O–H groups in total. The Hall–Kier alpha value is -1.45. The van der Waals surface area contributed by atoms with E-state index in [9.17, 15) is 4.79 Å². The first-order chi connectivity index (χ1) is 5.18. The van der Waals surface area contributed by atoms with E-state index in [0.717, 1.165) is 0 Å². The molecule has 1 aromatic rings. The summed E-state index contributed by atoms with van der Waals surface area (Å²) >= 11 is 0. The molecule has 0 bridgehead atoms. The maximum atomic E-state index is 10.5. The topological polar surface area (TPSA) is 47.8 Å². The summed E-state index contributed by atoms with van der Waals surface area (Å²) in [5, 5.41) is 7.79. The van der Waals surface area contributed by atoms with Gasteiger partial charge in [0.2, 0.25) is 0 Å². The molecular weight excluding hydrogens is 142 g/mol. The van der Waals surface area contributed by atoms with E-state index >= 15 is 0 Å². The van der Waals surface area contributed by atoms with Gasteiger partial charge in [0, 0.05) is 7.05 Å². The van der Waals surface area contributed by atoms with Crippen LogP contribution in [0, 0.1) is 0 Å². The molecule has 11 heavy (non-hydrogen) atoms. The van der Waals surface area contributed by atoms with E-state index < -0.39 is 0 Å². The molecule has 0 atom stereocenters. The summed E-state index contributed by atoms with van der Waals surface area (Å²) in [6.07, 6.45) is 4.69. The van der Waals surface area contributed by atoms with E-state index in [1.54, 1.807) is 19.3 Å². The van der Waals surface area contributed by atoms with Crippen molar-refractivity contribution in [3.8, 4) is 0 Å². The molecule has 0 aliphatic rings. The lowest BCUT2D eigenvalue weighted by atomic mass is 10.3. The Morgan fingerprint density at radius 3 is 2.91 bits per heavy atom. The fourth-order valence-corrected chi connectivity index (χ4v) is 0.641. The van der Waals surface area contributed by atoms with Crippen LogP contribution in [0.25, 0.3) is 6.08 Å². The van der Waals surface area contributed by atoms with Crippen LogP contribution >= 0.6 is 0 Å². The minimum absolute atomic E-state index is 0.00986. The zero-order valence-corrected chi connectivity index (χ0v) is 6.48. The van der Waals surface area contributed by atoms with Crippen LogP contribution < -0.4 is 0 Å². The average molecular weight is 151 g/mol. The van der Waals surface area contributed by atoms with Crippen molar-refractivity contribution in [2.75, 3.05) is 0 Å². The summed E-state index contributed by atoms with van der Waals surface area (Å²) in [6.45, 7) is 1.49. The predicted octanol–water partition coefficient (Wildman–Crippen LogP) is 0.417. The molecule has 1 aromatic heterocycles. The lowest BCUT2D eigenvalue weighted by Gasteiger charge is -1.80. The van der Waals surface area contributed by atoms with Gasteiger partial charge in [-0.15, -0.1) is 0 Å². The van der Waals surface area contributed by atoms with E-state index in [4.69, 9.17) is 0 Å². The summed E-state index contributed by atoms with van der Waals surface area (Å²) in [5.74, 6) is 0.00986. The Labute approximate surface area is 64.5 Å². The summed E-state index contributed by atoms with van der Waals surface area (Å²) < 4.78 is 0. The maximum absolute atomic E-state index is 10.5. The van der Waals surface area contributed by atoms with Gasteiger partial charge in [-0.05, 0) is 19.1 Å². The number of aryl methyl sites for hydroxylation is 1. The largest absolute Gasteiger partial charge is 0.295 e. The van der Waals surface area contributed by atoms with Crippen LogP contribution in [0.5, 0.6) is 0 Å². The number of carbonyl (C=O) groups is 1. The van der Waals surface area contributed by atoms with Gasteiger partial charge in [-0.3, -0.25) is 4.79 Å². The van der Waals surface area contributed by atoms with Crippen molar-refractivity contribution in [3.63, 3.8) is 0 Å². The standard InChI is InChI=1S/C7H9N3O/c1-6(11)3-4-7-5-8-10(2)9-7/h3-5H,1-2H3/b4-3+. The molecule has 0 aliphatic carbocycles. The molecule has 4 nitrogen and oxygen atoms in total. The van der Waals surface area contributed by atoms with Gasteiger partial charge in [0.05, 0.1) is 6.20 Å². The van der Waals surface area contributed by atoms with Crippen LogP contribution in [-0.4, -0.2) is 20.8 Å². The van der Waals surface area contributed by atoms with Gasteiger partial charge in [0.15, 0.2) is 5.78 Å². The van der Waals surface area contributed by atoms with E-state index in [0.29, 0.717) is 5.69 Å². The third-order valence-corrected chi connectivity index (χ3v) is 1.11. The number of rotatable bonds is 2. The van der Waals surface area contributed by atoms with E-state index in [-0.39, 0.29) is 5.78 Å². The van der Waals surface area contributed by atoms with Crippen LogP contribution in [0.2, 0.25) is 0 Å². The third-order valence-electron chi connectivity index (χ3n) is 1.11. The highest BCUT2D eigenvalue weighted by Gasteiger charge is 1.91. The molecule has 0 fully saturated rings. The van der Waals surface area contributed by atoms with Crippen molar-refractivity contribution in [1.29, 1.82) is 0 Å². The number of hydrogen-bond acceptors (Lipinski definition) is 3. The molecule has 0 unspecified atom stereocenters. The van der Waals surface area contributed by atoms with Gasteiger partial charge >= 0.3 is 0 Å². The molecular formula is C7H9N3O. The van der Waals surface area contributed by atoms with Crippen LogP contribution in [-0.2, 0) is 11.8 Å². The quantitative estimate of drug-likeness (QED) is 0.575. The molecule has 0 spiro atoms. The summed E-state index contributed by atoms with van der Waals surface area (Å²) in [5.41, 5.74) is 0.697. The molecule has 0 saturated carbocycles. The Morgan fingerprint density at radius 1 is 1.73 bits per heavy atom. The Bertz CT molecular complexity index is 288. The minimum Gasteiger partial charge on any atom is -0.295 e. The number of carbonyl (C=O) groups excluding carboxylic acids is 1. The zero-order chi connectivity index (χ0) is 8.27. The Kier molecular flexibility index (Phi) is 2.15. The molecule has 1 rings (SSSR count).